The zero-order valence-electron chi connectivity index (χ0n) is 12.2. The number of amides is 1. The molecular weight excluding hydrogens is 258 g/mol. The Balaban J connectivity index is 2.53. The number of hydrogen-bond acceptors (Lipinski definition) is 4. The molecule has 0 aromatic carbocycles. The summed E-state index contributed by atoms with van der Waals surface area (Å²) in [5.41, 5.74) is 0.0257. The Morgan fingerprint density at radius 2 is 2.15 bits per heavy atom. The van der Waals surface area contributed by atoms with Gasteiger partial charge in [-0.25, -0.2) is 4.68 Å². The molecule has 0 saturated carbocycles. The maximum Gasteiger partial charge on any atom is 0.271 e. The van der Waals surface area contributed by atoms with Gasteiger partial charge in [0, 0.05) is 19.7 Å². The molecule has 0 atom stereocenters. The number of ether oxygens (including phenoxy) is 1. The highest BCUT2D eigenvalue weighted by Gasteiger charge is 2.08. The lowest BCUT2D eigenvalue weighted by Gasteiger charge is -2.07. The SMILES string of the molecule is CCCCCCNC(=O)c1ccc(=O)n(CCOC)n1. The van der Waals surface area contributed by atoms with Crippen LogP contribution in [0, 0.1) is 0 Å². The third-order valence-electron chi connectivity index (χ3n) is 2.92. The van der Waals surface area contributed by atoms with Crippen LogP contribution >= 0.6 is 0 Å². The number of carbonyl (C=O) groups excluding carboxylic acids is 1. The third kappa shape index (κ3) is 5.52. The number of hydrogen-bond donors (Lipinski definition) is 1. The molecule has 0 saturated heterocycles. The van der Waals surface area contributed by atoms with E-state index in [0.29, 0.717) is 19.7 Å². The molecule has 112 valence electrons. The highest BCUT2D eigenvalue weighted by molar-refractivity contribution is 5.91. The first-order valence-electron chi connectivity index (χ1n) is 7.04. The van der Waals surface area contributed by atoms with Gasteiger partial charge < -0.3 is 10.1 Å². The van der Waals surface area contributed by atoms with Crippen molar-refractivity contribution in [1.29, 1.82) is 0 Å². The predicted molar refractivity (Wildman–Crippen MR) is 76.8 cm³/mol. The van der Waals surface area contributed by atoms with Crippen molar-refractivity contribution >= 4 is 5.91 Å². The van der Waals surface area contributed by atoms with Gasteiger partial charge in [0.25, 0.3) is 11.5 Å². The molecule has 0 unspecified atom stereocenters. The number of methoxy groups -OCH3 is 1. The second-order valence-corrected chi connectivity index (χ2v) is 4.59. The van der Waals surface area contributed by atoms with Crippen LogP contribution in [0.1, 0.15) is 43.1 Å². The minimum atomic E-state index is -0.243. The minimum Gasteiger partial charge on any atom is -0.383 e. The molecule has 0 spiro atoms. The monoisotopic (exact) mass is 281 g/mol. The van der Waals surface area contributed by atoms with Gasteiger partial charge in [0.1, 0.15) is 5.69 Å². The van der Waals surface area contributed by atoms with Crippen molar-refractivity contribution in [3.05, 3.63) is 28.2 Å². The van der Waals surface area contributed by atoms with E-state index in [9.17, 15) is 9.59 Å². The summed E-state index contributed by atoms with van der Waals surface area (Å²) in [6, 6.07) is 2.81. The molecule has 6 heteroatoms. The van der Waals surface area contributed by atoms with Crippen molar-refractivity contribution in [1.82, 2.24) is 15.1 Å². The van der Waals surface area contributed by atoms with Gasteiger partial charge in [-0.1, -0.05) is 26.2 Å². The van der Waals surface area contributed by atoms with E-state index in [2.05, 4.69) is 17.3 Å². The lowest BCUT2D eigenvalue weighted by Crippen LogP contribution is -2.30. The van der Waals surface area contributed by atoms with Crippen LogP contribution < -0.4 is 10.9 Å². The van der Waals surface area contributed by atoms with Gasteiger partial charge in [0.05, 0.1) is 13.2 Å². The molecular formula is C14H23N3O3. The Hall–Kier alpha value is -1.69. The van der Waals surface area contributed by atoms with E-state index in [-0.39, 0.29) is 17.2 Å². The second-order valence-electron chi connectivity index (χ2n) is 4.59. The molecule has 6 nitrogen and oxygen atoms in total. The normalized spacial score (nSPS) is 10.5. The predicted octanol–water partition coefficient (Wildman–Crippen LogP) is 1.20. The highest BCUT2D eigenvalue weighted by atomic mass is 16.5. The average molecular weight is 281 g/mol. The molecule has 0 aliphatic rings. The smallest absolute Gasteiger partial charge is 0.271 e. The van der Waals surface area contributed by atoms with Crippen LogP contribution in [-0.2, 0) is 11.3 Å². The van der Waals surface area contributed by atoms with Gasteiger partial charge in [-0.05, 0) is 12.5 Å². The molecule has 0 aliphatic heterocycles. The van der Waals surface area contributed by atoms with Crippen LogP contribution in [0.3, 0.4) is 0 Å². The van der Waals surface area contributed by atoms with Crippen LogP contribution in [0.2, 0.25) is 0 Å². The summed E-state index contributed by atoms with van der Waals surface area (Å²) in [5.74, 6) is -0.243. The number of nitrogens with one attached hydrogen (secondary N) is 1. The molecule has 0 fully saturated rings. The van der Waals surface area contributed by atoms with E-state index in [0.717, 1.165) is 12.8 Å². The number of nitrogens with zero attached hydrogens (tertiary/aromatic N) is 2. The molecule has 20 heavy (non-hydrogen) atoms. The van der Waals surface area contributed by atoms with E-state index in [1.807, 2.05) is 0 Å². The molecule has 1 rings (SSSR count). The molecule has 1 N–H and O–H groups in total. The largest absolute Gasteiger partial charge is 0.383 e. The van der Waals surface area contributed by atoms with Gasteiger partial charge in [-0.3, -0.25) is 9.59 Å². The maximum atomic E-state index is 11.9. The van der Waals surface area contributed by atoms with Crippen molar-refractivity contribution in [2.24, 2.45) is 0 Å². The first kappa shape index (κ1) is 16.4. The Kier molecular flexibility index (Phi) is 7.57. The Morgan fingerprint density at radius 1 is 1.35 bits per heavy atom. The fourth-order valence-electron chi connectivity index (χ4n) is 1.75. The highest BCUT2D eigenvalue weighted by Crippen LogP contribution is 1.98. The molecule has 1 aromatic heterocycles. The zero-order valence-corrected chi connectivity index (χ0v) is 12.2. The summed E-state index contributed by atoms with van der Waals surface area (Å²) in [6.07, 6.45) is 4.41. The third-order valence-corrected chi connectivity index (χ3v) is 2.92. The Labute approximate surface area is 119 Å². The topological polar surface area (TPSA) is 73.2 Å². The van der Waals surface area contributed by atoms with Gasteiger partial charge in [0.15, 0.2) is 0 Å². The van der Waals surface area contributed by atoms with Crippen molar-refractivity contribution in [3.8, 4) is 0 Å². The van der Waals surface area contributed by atoms with Crippen molar-refractivity contribution in [2.45, 2.75) is 39.2 Å². The van der Waals surface area contributed by atoms with Crippen molar-refractivity contribution < 1.29 is 9.53 Å². The van der Waals surface area contributed by atoms with Gasteiger partial charge in [-0.15, -0.1) is 0 Å². The standard InChI is InChI=1S/C14H23N3O3/c1-3-4-5-6-9-15-14(19)12-7-8-13(18)17(16-12)10-11-20-2/h7-8H,3-6,9-11H2,1-2H3,(H,15,19). The summed E-state index contributed by atoms with van der Waals surface area (Å²) in [5, 5.41) is 6.85. The fraction of sp³-hybridized carbons (Fsp3) is 0.643. The van der Waals surface area contributed by atoms with E-state index >= 15 is 0 Å². The van der Waals surface area contributed by atoms with Crippen LogP contribution in [0.4, 0.5) is 0 Å². The number of unbranched alkanes of at least 4 members (excludes halogenated alkanes) is 3. The number of carbonyl (C=O) groups is 1. The first-order valence-corrected chi connectivity index (χ1v) is 7.04. The van der Waals surface area contributed by atoms with Crippen molar-refractivity contribution in [3.63, 3.8) is 0 Å². The minimum absolute atomic E-state index is 0.235. The van der Waals surface area contributed by atoms with Crippen LogP contribution in [-0.4, -0.2) is 35.9 Å². The fourth-order valence-corrected chi connectivity index (χ4v) is 1.75. The lowest BCUT2D eigenvalue weighted by atomic mass is 10.2. The molecule has 0 radical (unpaired) electrons. The quantitative estimate of drug-likeness (QED) is 0.690. The van der Waals surface area contributed by atoms with E-state index < -0.39 is 0 Å². The molecule has 1 aromatic rings. The van der Waals surface area contributed by atoms with Gasteiger partial charge >= 0.3 is 0 Å². The van der Waals surface area contributed by atoms with Crippen LogP contribution in [0.15, 0.2) is 16.9 Å². The summed E-state index contributed by atoms with van der Waals surface area (Å²) >= 11 is 0. The van der Waals surface area contributed by atoms with Crippen LogP contribution in [0.5, 0.6) is 0 Å². The number of rotatable bonds is 9. The van der Waals surface area contributed by atoms with Crippen molar-refractivity contribution in [2.75, 3.05) is 20.3 Å². The molecule has 0 bridgehead atoms. The Bertz CT molecular complexity index is 471. The van der Waals surface area contributed by atoms with E-state index in [1.165, 1.54) is 29.7 Å². The maximum absolute atomic E-state index is 11.9. The summed E-state index contributed by atoms with van der Waals surface area (Å²) in [7, 11) is 1.55. The first-order chi connectivity index (χ1) is 9.69. The van der Waals surface area contributed by atoms with Gasteiger partial charge in [-0.2, -0.15) is 5.10 Å². The van der Waals surface area contributed by atoms with E-state index in [4.69, 9.17) is 4.74 Å². The lowest BCUT2D eigenvalue weighted by molar-refractivity contribution is 0.0944. The molecule has 1 amide bonds. The molecule has 0 aliphatic carbocycles. The van der Waals surface area contributed by atoms with Crippen LogP contribution in [0.25, 0.3) is 0 Å². The Morgan fingerprint density at radius 3 is 2.85 bits per heavy atom. The number of aromatic nitrogens is 2. The summed E-state index contributed by atoms with van der Waals surface area (Å²) in [4.78, 5) is 23.4. The second kappa shape index (κ2) is 9.25. The summed E-state index contributed by atoms with van der Waals surface area (Å²) < 4.78 is 6.15. The summed E-state index contributed by atoms with van der Waals surface area (Å²) in [6.45, 7) is 3.51. The average Bonchev–Trinajstić information content (AvgIpc) is 2.46. The van der Waals surface area contributed by atoms with Gasteiger partial charge in [0.2, 0.25) is 0 Å². The zero-order chi connectivity index (χ0) is 14.8. The van der Waals surface area contributed by atoms with E-state index in [1.54, 1.807) is 7.11 Å². The molecule has 1 heterocycles.